The first kappa shape index (κ1) is 27.6. The summed E-state index contributed by atoms with van der Waals surface area (Å²) in [6, 6.07) is 4.94. The quantitative estimate of drug-likeness (QED) is 0.522. The highest BCUT2D eigenvalue weighted by molar-refractivity contribution is 7.89. The molecule has 0 N–H and O–H groups in total. The molecule has 13 heteroatoms. The number of hydrogen-bond acceptors (Lipinski definition) is 7. The predicted molar refractivity (Wildman–Crippen MR) is 133 cm³/mol. The van der Waals surface area contributed by atoms with Crippen molar-refractivity contribution in [1.82, 2.24) is 18.4 Å². The van der Waals surface area contributed by atoms with Gasteiger partial charge in [-0.25, -0.2) is 21.1 Å². The Morgan fingerprint density at radius 1 is 1.03 bits per heavy atom. The molecule has 2 fully saturated rings. The Morgan fingerprint density at radius 2 is 1.63 bits per heavy atom. The largest absolute Gasteiger partial charge is 0.336 e. The smallest absolute Gasteiger partial charge is 0.253 e. The highest BCUT2D eigenvalue weighted by Crippen LogP contribution is 2.42. The molecule has 1 aromatic carbocycles. The summed E-state index contributed by atoms with van der Waals surface area (Å²) in [7, 11) is -5.91. The number of carbonyl (C=O) groups is 2. The number of likely N-dealkylation sites (N-methyl/N-ethyl adjacent to an activating group) is 1. The monoisotopic (exact) mass is 546 g/mol. The number of fused-ring (bicyclic) bond motifs is 1. The molecule has 3 aliphatic heterocycles. The standard InChI is InChI=1S/C22H30N4O6S2.ClH/c1-4-5-18-20-19(26(22(18)28)33(3,29)30)10-11-25(20)34(31,32)17-8-6-16(7-9-17)21(27)24-14-12-23(2)13-15-24;/h6-10,18,20H,4-5,11-15H2,1-3H3;1H/t18-,20-;/m1./s1. The van der Waals surface area contributed by atoms with Gasteiger partial charge < -0.3 is 9.80 Å². The predicted octanol–water partition coefficient (Wildman–Crippen LogP) is 0.971. The number of halogens is 1. The summed E-state index contributed by atoms with van der Waals surface area (Å²) in [4.78, 5) is 29.6. The van der Waals surface area contributed by atoms with Crippen molar-refractivity contribution in [1.29, 1.82) is 0 Å². The molecule has 0 aromatic heterocycles. The van der Waals surface area contributed by atoms with E-state index in [-0.39, 0.29) is 35.5 Å². The van der Waals surface area contributed by atoms with E-state index in [0.717, 1.165) is 23.7 Å². The van der Waals surface area contributed by atoms with E-state index >= 15 is 0 Å². The summed E-state index contributed by atoms with van der Waals surface area (Å²) in [5.74, 6) is -1.50. The second-order valence-electron chi connectivity index (χ2n) is 9.03. The number of carbonyl (C=O) groups excluding carboxylic acids is 2. The van der Waals surface area contributed by atoms with E-state index < -0.39 is 37.9 Å². The molecule has 2 saturated heterocycles. The molecule has 0 radical (unpaired) electrons. The zero-order valence-corrected chi connectivity index (χ0v) is 22.4. The van der Waals surface area contributed by atoms with Crippen LogP contribution < -0.4 is 0 Å². The maximum atomic E-state index is 13.5. The zero-order chi connectivity index (χ0) is 24.8. The van der Waals surface area contributed by atoms with Gasteiger partial charge in [0.2, 0.25) is 26.0 Å². The number of sulfonamides is 2. The Balaban J connectivity index is 0.00000342. The Hall–Kier alpha value is -1.99. The molecular formula is C22H31ClN4O6S2. The summed E-state index contributed by atoms with van der Waals surface area (Å²) in [5.41, 5.74) is 0.614. The van der Waals surface area contributed by atoms with E-state index in [2.05, 4.69) is 4.90 Å². The lowest BCUT2D eigenvalue weighted by Gasteiger charge is -2.32. The molecule has 2 atom stereocenters. The molecule has 0 unspecified atom stereocenters. The fourth-order valence-electron chi connectivity index (χ4n) is 4.88. The second-order valence-corrected chi connectivity index (χ2v) is 12.8. The van der Waals surface area contributed by atoms with E-state index in [9.17, 15) is 26.4 Å². The minimum Gasteiger partial charge on any atom is -0.336 e. The van der Waals surface area contributed by atoms with Crippen molar-refractivity contribution in [3.05, 3.63) is 41.6 Å². The van der Waals surface area contributed by atoms with Crippen LogP contribution in [0.25, 0.3) is 0 Å². The molecule has 4 rings (SSSR count). The molecule has 3 heterocycles. The minimum absolute atomic E-state index is 0. The zero-order valence-electron chi connectivity index (χ0n) is 20.0. The fourth-order valence-corrected chi connectivity index (χ4v) is 7.48. The van der Waals surface area contributed by atoms with Crippen molar-refractivity contribution in [2.75, 3.05) is 46.0 Å². The number of amides is 2. The van der Waals surface area contributed by atoms with Crippen LogP contribution in [0.5, 0.6) is 0 Å². The first-order chi connectivity index (χ1) is 16.0. The van der Waals surface area contributed by atoms with Crippen molar-refractivity contribution >= 4 is 44.3 Å². The molecule has 0 spiro atoms. The van der Waals surface area contributed by atoms with Crippen molar-refractivity contribution in [3.8, 4) is 0 Å². The first-order valence-electron chi connectivity index (χ1n) is 11.3. The van der Waals surface area contributed by atoms with Crippen molar-refractivity contribution < 1.29 is 26.4 Å². The molecule has 0 aliphatic carbocycles. The van der Waals surface area contributed by atoms with Gasteiger partial charge in [-0.1, -0.05) is 13.3 Å². The van der Waals surface area contributed by atoms with E-state index in [4.69, 9.17) is 0 Å². The van der Waals surface area contributed by atoms with Crippen molar-refractivity contribution in [2.24, 2.45) is 5.92 Å². The maximum Gasteiger partial charge on any atom is 0.253 e. The maximum absolute atomic E-state index is 13.5. The average molecular weight is 547 g/mol. The second kappa shape index (κ2) is 10.2. The summed E-state index contributed by atoms with van der Waals surface area (Å²) in [6.07, 6.45) is 3.43. The third-order valence-corrected chi connectivity index (χ3v) is 9.57. The van der Waals surface area contributed by atoms with E-state index in [0.29, 0.717) is 31.5 Å². The van der Waals surface area contributed by atoms with Gasteiger partial charge in [0, 0.05) is 38.3 Å². The van der Waals surface area contributed by atoms with Crippen LogP contribution in [0.15, 0.2) is 40.9 Å². The van der Waals surface area contributed by atoms with Crippen LogP contribution in [0.1, 0.15) is 30.1 Å². The Morgan fingerprint density at radius 3 is 2.17 bits per heavy atom. The molecule has 3 aliphatic rings. The van der Waals surface area contributed by atoms with E-state index in [1.165, 1.54) is 34.6 Å². The van der Waals surface area contributed by atoms with Gasteiger partial charge in [0.15, 0.2) is 0 Å². The van der Waals surface area contributed by atoms with Gasteiger partial charge in [-0.3, -0.25) is 9.59 Å². The van der Waals surface area contributed by atoms with E-state index in [1.54, 1.807) is 4.90 Å². The molecule has 0 bridgehead atoms. The molecule has 2 amide bonds. The lowest BCUT2D eigenvalue weighted by atomic mass is 9.97. The van der Waals surface area contributed by atoms with Crippen LogP contribution in [0, 0.1) is 5.92 Å². The van der Waals surface area contributed by atoms with Crippen molar-refractivity contribution in [3.63, 3.8) is 0 Å². The Kier molecular flexibility index (Phi) is 8.02. The lowest BCUT2D eigenvalue weighted by Crippen LogP contribution is -2.47. The highest BCUT2D eigenvalue weighted by atomic mass is 35.5. The summed E-state index contributed by atoms with van der Waals surface area (Å²) in [6.45, 7) is 4.64. The van der Waals surface area contributed by atoms with Crippen molar-refractivity contribution in [2.45, 2.75) is 30.7 Å². The van der Waals surface area contributed by atoms with Gasteiger partial charge >= 0.3 is 0 Å². The van der Waals surface area contributed by atoms with Crippen LogP contribution in [0.3, 0.4) is 0 Å². The van der Waals surface area contributed by atoms with Crippen LogP contribution in [0.2, 0.25) is 0 Å². The van der Waals surface area contributed by atoms with Gasteiger partial charge in [0.25, 0.3) is 5.91 Å². The minimum atomic E-state index is -4.04. The molecule has 1 aromatic rings. The Labute approximate surface area is 213 Å². The van der Waals surface area contributed by atoms with Gasteiger partial charge in [-0.05, 0) is 43.8 Å². The van der Waals surface area contributed by atoms with Gasteiger partial charge in [-0.15, -0.1) is 12.4 Å². The highest BCUT2D eigenvalue weighted by Gasteiger charge is 2.55. The Bertz CT molecular complexity index is 1220. The van der Waals surface area contributed by atoms with Crippen LogP contribution in [0.4, 0.5) is 0 Å². The molecule has 0 saturated carbocycles. The summed E-state index contributed by atoms with van der Waals surface area (Å²) in [5, 5.41) is 0. The van der Waals surface area contributed by atoms with Gasteiger partial charge in [0.05, 0.1) is 28.8 Å². The number of benzene rings is 1. The normalized spacial score (nSPS) is 23.7. The number of rotatable bonds is 6. The third-order valence-electron chi connectivity index (χ3n) is 6.66. The first-order valence-corrected chi connectivity index (χ1v) is 14.6. The van der Waals surface area contributed by atoms with Crippen LogP contribution >= 0.6 is 12.4 Å². The SMILES string of the molecule is CCC[C@H]1C(=O)N(S(C)(=O)=O)C2=CCN(S(=O)(=O)c3ccc(C(=O)N4CCN(C)CC4)cc3)[C@@H]21.Cl. The average Bonchev–Trinajstić information content (AvgIpc) is 3.32. The number of nitrogens with zero attached hydrogens (tertiary/aromatic N) is 4. The molecule has 194 valence electrons. The van der Waals surface area contributed by atoms with E-state index in [1.807, 2.05) is 14.0 Å². The van der Waals surface area contributed by atoms with Gasteiger partial charge in [-0.2, -0.15) is 4.31 Å². The lowest BCUT2D eigenvalue weighted by molar-refractivity contribution is -0.127. The molecular weight excluding hydrogens is 516 g/mol. The number of piperazine rings is 1. The molecule has 35 heavy (non-hydrogen) atoms. The van der Waals surface area contributed by atoms with Gasteiger partial charge in [0.1, 0.15) is 0 Å². The summed E-state index contributed by atoms with van der Waals surface area (Å²) < 4.78 is 53.5. The topological polar surface area (TPSA) is 115 Å². The fraction of sp³-hybridized carbons (Fsp3) is 0.545. The summed E-state index contributed by atoms with van der Waals surface area (Å²) >= 11 is 0. The number of hydrogen-bond donors (Lipinski definition) is 0. The van der Waals surface area contributed by atoms with Crippen LogP contribution in [-0.2, 0) is 24.8 Å². The third kappa shape index (κ3) is 4.99. The van der Waals surface area contributed by atoms with Crippen LogP contribution in [-0.4, -0.2) is 99.1 Å². The molecule has 10 nitrogen and oxygen atoms in total.